The molecule has 0 bridgehead atoms. The Morgan fingerprint density at radius 2 is 1.69 bits per heavy atom. The summed E-state index contributed by atoms with van der Waals surface area (Å²) in [5.41, 5.74) is 4.43. The number of anilines is 1. The molecule has 0 saturated heterocycles. The van der Waals surface area contributed by atoms with Crippen molar-refractivity contribution in [1.82, 2.24) is 15.5 Å². The van der Waals surface area contributed by atoms with Crippen LogP contribution < -0.4 is 16.0 Å². The average Bonchev–Trinajstić information content (AvgIpc) is 3.65. The SMILES string of the molecule is Cc1ccc(NC(=O)NC(=O)CN(Cc2ccc(C(=O)NC3CC3)cc2)C2CC2)c(C)c1. The van der Waals surface area contributed by atoms with Crippen LogP contribution >= 0.6 is 0 Å². The molecule has 32 heavy (non-hydrogen) atoms. The van der Waals surface area contributed by atoms with Gasteiger partial charge in [-0.2, -0.15) is 0 Å². The number of imide groups is 1. The third-order valence-corrected chi connectivity index (χ3v) is 5.81. The molecular formula is C25H30N4O3. The molecule has 0 heterocycles. The van der Waals surface area contributed by atoms with E-state index in [2.05, 4.69) is 20.9 Å². The van der Waals surface area contributed by atoms with E-state index in [4.69, 9.17) is 0 Å². The standard InChI is InChI=1S/C25H30N4O3/c1-16-3-12-22(17(2)13-16)27-25(32)28-23(30)15-29(21-10-11-21)14-18-4-6-19(7-5-18)24(31)26-20-8-9-20/h3-7,12-13,20-21H,8-11,14-15H2,1-2H3,(H,26,31)(H2,27,28,30,32). The Labute approximate surface area is 188 Å². The lowest BCUT2D eigenvalue weighted by atomic mass is 10.1. The minimum Gasteiger partial charge on any atom is -0.349 e. The fourth-order valence-electron chi connectivity index (χ4n) is 3.70. The Hall–Kier alpha value is -3.19. The normalized spacial score (nSPS) is 15.3. The molecule has 2 saturated carbocycles. The molecule has 0 atom stereocenters. The summed E-state index contributed by atoms with van der Waals surface area (Å²) in [6.45, 7) is 4.65. The smallest absolute Gasteiger partial charge is 0.325 e. The maximum Gasteiger partial charge on any atom is 0.325 e. The fraction of sp³-hybridized carbons (Fsp3) is 0.400. The van der Waals surface area contributed by atoms with Gasteiger partial charge < -0.3 is 10.6 Å². The molecule has 4 rings (SSSR count). The van der Waals surface area contributed by atoms with Crippen LogP contribution in [0.2, 0.25) is 0 Å². The molecule has 2 aromatic rings. The second-order valence-corrected chi connectivity index (χ2v) is 8.90. The Morgan fingerprint density at radius 3 is 2.31 bits per heavy atom. The zero-order valence-electron chi connectivity index (χ0n) is 18.6. The lowest BCUT2D eigenvalue weighted by Gasteiger charge is -2.21. The van der Waals surface area contributed by atoms with E-state index in [-0.39, 0.29) is 18.4 Å². The Morgan fingerprint density at radius 1 is 0.969 bits per heavy atom. The zero-order valence-corrected chi connectivity index (χ0v) is 18.6. The molecule has 2 aliphatic carbocycles. The summed E-state index contributed by atoms with van der Waals surface area (Å²) in [6.07, 6.45) is 4.21. The van der Waals surface area contributed by atoms with Crippen LogP contribution in [-0.2, 0) is 11.3 Å². The molecular weight excluding hydrogens is 404 g/mol. The number of amides is 4. The summed E-state index contributed by atoms with van der Waals surface area (Å²) in [5, 5.41) is 8.16. The van der Waals surface area contributed by atoms with Crippen LogP contribution in [-0.4, -0.2) is 41.4 Å². The van der Waals surface area contributed by atoms with Crippen LogP contribution in [0.25, 0.3) is 0 Å². The molecule has 0 spiro atoms. The monoisotopic (exact) mass is 434 g/mol. The number of benzene rings is 2. The highest BCUT2D eigenvalue weighted by atomic mass is 16.2. The van der Waals surface area contributed by atoms with Crippen molar-refractivity contribution in [3.63, 3.8) is 0 Å². The van der Waals surface area contributed by atoms with E-state index in [1.54, 1.807) is 0 Å². The van der Waals surface area contributed by atoms with Crippen molar-refractivity contribution in [3.8, 4) is 0 Å². The van der Waals surface area contributed by atoms with Crippen LogP contribution in [0.5, 0.6) is 0 Å². The van der Waals surface area contributed by atoms with E-state index in [9.17, 15) is 14.4 Å². The van der Waals surface area contributed by atoms with Gasteiger partial charge in [0.05, 0.1) is 6.54 Å². The molecule has 7 heteroatoms. The molecule has 168 valence electrons. The first-order valence-corrected chi connectivity index (χ1v) is 11.2. The minimum absolute atomic E-state index is 0.0349. The van der Waals surface area contributed by atoms with Crippen molar-refractivity contribution in [2.45, 2.75) is 58.2 Å². The van der Waals surface area contributed by atoms with Gasteiger partial charge in [-0.15, -0.1) is 0 Å². The first-order valence-electron chi connectivity index (χ1n) is 11.2. The quantitative estimate of drug-likeness (QED) is 0.593. The Bertz CT molecular complexity index is 1010. The maximum atomic E-state index is 12.5. The van der Waals surface area contributed by atoms with Crippen molar-refractivity contribution < 1.29 is 14.4 Å². The number of carbonyl (C=O) groups is 3. The fourth-order valence-corrected chi connectivity index (χ4v) is 3.70. The highest BCUT2D eigenvalue weighted by Crippen LogP contribution is 2.28. The molecule has 2 aromatic carbocycles. The first kappa shape index (κ1) is 22.0. The lowest BCUT2D eigenvalue weighted by Crippen LogP contribution is -2.42. The predicted molar refractivity (Wildman–Crippen MR) is 123 cm³/mol. The van der Waals surface area contributed by atoms with Gasteiger partial charge in [0.15, 0.2) is 0 Å². The summed E-state index contributed by atoms with van der Waals surface area (Å²) < 4.78 is 0. The van der Waals surface area contributed by atoms with Gasteiger partial charge in [0, 0.05) is 29.9 Å². The van der Waals surface area contributed by atoms with Crippen molar-refractivity contribution in [1.29, 1.82) is 0 Å². The summed E-state index contributed by atoms with van der Waals surface area (Å²) >= 11 is 0. The maximum absolute atomic E-state index is 12.5. The van der Waals surface area contributed by atoms with Crippen LogP contribution in [0.1, 0.15) is 52.7 Å². The van der Waals surface area contributed by atoms with Gasteiger partial charge >= 0.3 is 6.03 Å². The van der Waals surface area contributed by atoms with Crippen molar-refractivity contribution in [3.05, 3.63) is 64.7 Å². The number of aryl methyl sites for hydroxylation is 2. The van der Waals surface area contributed by atoms with Crippen molar-refractivity contribution in [2.75, 3.05) is 11.9 Å². The second kappa shape index (κ2) is 9.53. The van der Waals surface area contributed by atoms with E-state index in [0.29, 0.717) is 29.9 Å². The summed E-state index contributed by atoms with van der Waals surface area (Å²) in [6, 6.07) is 13.4. The highest BCUT2D eigenvalue weighted by molar-refractivity contribution is 6.02. The van der Waals surface area contributed by atoms with Crippen molar-refractivity contribution >= 4 is 23.5 Å². The largest absolute Gasteiger partial charge is 0.349 e. The molecule has 3 N–H and O–H groups in total. The molecule has 2 aliphatic rings. The number of nitrogens with zero attached hydrogens (tertiary/aromatic N) is 1. The third kappa shape index (κ3) is 6.17. The number of urea groups is 1. The van der Waals surface area contributed by atoms with E-state index in [1.807, 2.05) is 56.3 Å². The minimum atomic E-state index is -0.524. The van der Waals surface area contributed by atoms with E-state index >= 15 is 0 Å². The van der Waals surface area contributed by atoms with Crippen LogP contribution in [0.15, 0.2) is 42.5 Å². The molecule has 2 fully saturated rings. The first-order chi connectivity index (χ1) is 15.4. The molecule has 7 nitrogen and oxygen atoms in total. The number of hydrogen-bond donors (Lipinski definition) is 3. The zero-order chi connectivity index (χ0) is 22.7. The topological polar surface area (TPSA) is 90.5 Å². The van der Waals surface area contributed by atoms with Crippen LogP contribution in [0.3, 0.4) is 0 Å². The molecule has 0 radical (unpaired) electrons. The number of hydrogen-bond acceptors (Lipinski definition) is 4. The van der Waals surface area contributed by atoms with E-state index < -0.39 is 6.03 Å². The van der Waals surface area contributed by atoms with Crippen molar-refractivity contribution in [2.24, 2.45) is 0 Å². The third-order valence-electron chi connectivity index (χ3n) is 5.81. The molecule has 4 amide bonds. The molecule has 0 aliphatic heterocycles. The van der Waals surface area contributed by atoms with Gasteiger partial charge in [0.1, 0.15) is 0 Å². The number of rotatable bonds is 8. The van der Waals surface area contributed by atoms with Gasteiger partial charge in [-0.1, -0.05) is 29.8 Å². The van der Waals surface area contributed by atoms with Gasteiger partial charge in [0.25, 0.3) is 5.91 Å². The van der Waals surface area contributed by atoms with Crippen LogP contribution in [0.4, 0.5) is 10.5 Å². The number of nitrogens with one attached hydrogen (secondary N) is 3. The van der Waals surface area contributed by atoms with Crippen LogP contribution in [0, 0.1) is 13.8 Å². The molecule has 0 unspecified atom stereocenters. The lowest BCUT2D eigenvalue weighted by molar-refractivity contribution is -0.121. The summed E-state index contributed by atoms with van der Waals surface area (Å²) in [5.74, 6) is -0.369. The Kier molecular flexibility index (Phi) is 6.55. The van der Waals surface area contributed by atoms with E-state index in [1.165, 1.54) is 0 Å². The van der Waals surface area contributed by atoms with Gasteiger partial charge in [-0.3, -0.25) is 19.8 Å². The van der Waals surface area contributed by atoms with Gasteiger partial charge in [-0.05, 0) is 68.9 Å². The second-order valence-electron chi connectivity index (χ2n) is 8.90. The Balaban J connectivity index is 1.29. The molecule has 0 aromatic heterocycles. The van der Waals surface area contributed by atoms with Gasteiger partial charge in [0.2, 0.25) is 5.91 Å². The highest BCUT2D eigenvalue weighted by Gasteiger charge is 2.30. The van der Waals surface area contributed by atoms with E-state index in [0.717, 1.165) is 42.4 Å². The summed E-state index contributed by atoms with van der Waals surface area (Å²) in [7, 11) is 0. The van der Waals surface area contributed by atoms with Gasteiger partial charge in [-0.25, -0.2) is 4.79 Å². The predicted octanol–water partition coefficient (Wildman–Crippen LogP) is 3.51. The summed E-state index contributed by atoms with van der Waals surface area (Å²) in [4.78, 5) is 39.0. The number of carbonyl (C=O) groups excluding carboxylic acids is 3. The average molecular weight is 435 g/mol.